The minimum absolute atomic E-state index is 0.111. The number of aryl methyl sites for hydroxylation is 1. The second kappa shape index (κ2) is 9.56. The van der Waals surface area contributed by atoms with Crippen LogP contribution in [0.25, 0.3) is 10.8 Å². The number of anilines is 3. The lowest BCUT2D eigenvalue weighted by Crippen LogP contribution is -2.15. The SMILES string of the molecule is CNc1cc2c(C)nnc(N[C@H](C)c3cccc(C(F)(F)F)c3F)c2cc1NCCOC. The van der Waals surface area contributed by atoms with Crippen molar-refractivity contribution in [1.82, 2.24) is 10.2 Å². The summed E-state index contributed by atoms with van der Waals surface area (Å²) in [5.41, 5.74) is 0.911. The van der Waals surface area contributed by atoms with Gasteiger partial charge in [0.15, 0.2) is 5.82 Å². The van der Waals surface area contributed by atoms with Crippen LogP contribution in [0.5, 0.6) is 0 Å². The van der Waals surface area contributed by atoms with Gasteiger partial charge in [-0.05, 0) is 32.0 Å². The van der Waals surface area contributed by atoms with Crippen LogP contribution in [0.4, 0.5) is 34.8 Å². The molecule has 1 aromatic heterocycles. The molecule has 10 heteroatoms. The molecular formula is C22H25F4N5O. The Morgan fingerprint density at radius 1 is 1.09 bits per heavy atom. The van der Waals surface area contributed by atoms with Gasteiger partial charge in [-0.3, -0.25) is 0 Å². The van der Waals surface area contributed by atoms with Gasteiger partial charge in [0.25, 0.3) is 0 Å². The first-order valence-corrected chi connectivity index (χ1v) is 10.0. The number of alkyl halides is 3. The van der Waals surface area contributed by atoms with Crippen LogP contribution in [0.1, 0.15) is 29.8 Å². The Hall–Kier alpha value is -3.14. The van der Waals surface area contributed by atoms with Crippen LogP contribution in [0.15, 0.2) is 30.3 Å². The standard InChI is InChI=1S/C22H25F4N5O/c1-12(14-6-5-7-17(20(14)23)22(24,25)26)29-21-16-11-19(28-8-9-32-4)18(27-3)10-15(16)13(2)30-31-21/h5-7,10-12,27-28H,8-9H2,1-4H3,(H,29,31)/t12-/m1/s1. The Bertz CT molecular complexity index is 1100. The number of hydrogen-bond donors (Lipinski definition) is 3. The highest BCUT2D eigenvalue weighted by atomic mass is 19.4. The fourth-order valence-electron chi connectivity index (χ4n) is 3.46. The maximum Gasteiger partial charge on any atom is 0.419 e. The van der Waals surface area contributed by atoms with Gasteiger partial charge in [0.2, 0.25) is 0 Å². The summed E-state index contributed by atoms with van der Waals surface area (Å²) in [6, 6.07) is 6.24. The molecule has 2 aromatic carbocycles. The highest BCUT2D eigenvalue weighted by Gasteiger charge is 2.35. The first-order valence-electron chi connectivity index (χ1n) is 10.0. The van der Waals surface area contributed by atoms with Crippen molar-refractivity contribution in [2.24, 2.45) is 0 Å². The van der Waals surface area contributed by atoms with E-state index >= 15 is 0 Å². The molecule has 6 nitrogen and oxygen atoms in total. The maximum atomic E-state index is 14.6. The van der Waals surface area contributed by atoms with Crippen molar-refractivity contribution in [2.45, 2.75) is 26.1 Å². The average Bonchev–Trinajstić information content (AvgIpc) is 2.74. The van der Waals surface area contributed by atoms with Gasteiger partial charge in [-0.1, -0.05) is 12.1 Å². The summed E-state index contributed by atoms with van der Waals surface area (Å²) < 4.78 is 59.0. The Labute approximate surface area is 183 Å². The van der Waals surface area contributed by atoms with Crippen LogP contribution in [0.2, 0.25) is 0 Å². The van der Waals surface area contributed by atoms with Crippen molar-refractivity contribution in [3.63, 3.8) is 0 Å². The first kappa shape index (κ1) is 23.5. The van der Waals surface area contributed by atoms with Crippen LogP contribution in [0, 0.1) is 12.7 Å². The first-order chi connectivity index (χ1) is 15.2. The van der Waals surface area contributed by atoms with Crippen LogP contribution >= 0.6 is 0 Å². The summed E-state index contributed by atoms with van der Waals surface area (Å²) in [6.07, 6.45) is -4.78. The highest BCUT2D eigenvalue weighted by Crippen LogP contribution is 2.36. The van der Waals surface area contributed by atoms with Crippen LogP contribution < -0.4 is 16.0 Å². The van der Waals surface area contributed by atoms with Crippen LogP contribution in [-0.2, 0) is 10.9 Å². The summed E-state index contributed by atoms with van der Waals surface area (Å²) in [5.74, 6) is -0.962. The molecule has 0 fully saturated rings. The molecule has 0 aliphatic carbocycles. The number of methoxy groups -OCH3 is 1. The van der Waals surface area contributed by atoms with E-state index in [0.717, 1.165) is 22.8 Å². The van der Waals surface area contributed by atoms with Gasteiger partial charge in [-0.15, -0.1) is 5.10 Å². The van der Waals surface area contributed by atoms with Gasteiger partial charge in [-0.2, -0.15) is 18.3 Å². The Morgan fingerprint density at radius 2 is 1.81 bits per heavy atom. The molecule has 32 heavy (non-hydrogen) atoms. The maximum absolute atomic E-state index is 14.6. The van der Waals surface area contributed by atoms with Crippen molar-refractivity contribution in [3.8, 4) is 0 Å². The van der Waals surface area contributed by atoms with Gasteiger partial charge >= 0.3 is 6.18 Å². The molecule has 0 aliphatic heterocycles. The molecule has 0 spiro atoms. The second-order valence-electron chi connectivity index (χ2n) is 7.32. The quantitative estimate of drug-likeness (QED) is 0.316. The number of fused-ring (bicyclic) bond motifs is 1. The lowest BCUT2D eigenvalue weighted by molar-refractivity contribution is -0.140. The topological polar surface area (TPSA) is 71.1 Å². The minimum atomic E-state index is -4.78. The van der Waals surface area contributed by atoms with E-state index < -0.39 is 23.6 Å². The molecule has 3 rings (SSSR count). The predicted octanol–water partition coefficient (Wildman–Crippen LogP) is 5.37. The van der Waals surface area contributed by atoms with E-state index in [9.17, 15) is 17.6 Å². The van der Waals surface area contributed by atoms with Gasteiger partial charge in [-0.25, -0.2) is 4.39 Å². The monoisotopic (exact) mass is 451 g/mol. The van der Waals surface area contributed by atoms with Crippen LogP contribution in [0.3, 0.4) is 0 Å². The normalized spacial score (nSPS) is 12.6. The average molecular weight is 451 g/mol. The summed E-state index contributed by atoms with van der Waals surface area (Å²) >= 11 is 0. The molecule has 0 unspecified atom stereocenters. The lowest BCUT2D eigenvalue weighted by atomic mass is 10.0. The Kier molecular flexibility index (Phi) is 7.02. The molecule has 0 bridgehead atoms. The smallest absolute Gasteiger partial charge is 0.386 e. The fraction of sp³-hybridized carbons (Fsp3) is 0.364. The molecule has 0 radical (unpaired) electrons. The van der Waals surface area contributed by atoms with Crippen LogP contribution in [-0.4, -0.2) is 37.5 Å². The second-order valence-corrected chi connectivity index (χ2v) is 7.32. The van der Waals surface area contributed by atoms with Gasteiger partial charge in [0, 0.05) is 37.0 Å². The Morgan fingerprint density at radius 3 is 2.47 bits per heavy atom. The number of ether oxygens (including phenoxy) is 1. The molecule has 0 aliphatic rings. The third-order valence-electron chi connectivity index (χ3n) is 5.15. The molecule has 1 atom stereocenters. The van der Waals surface area contributed by atoms with Gasteiger partial charge < -0.3 is 20.7 Å². The minimum Gasteiger partial charge on any atom is -0.386 e. The van der Waals surface area contributed by atoms with Gasteiger partial charge in [0.1, 0.15) is 5.82 Å². The zero-order chi connectivity index (χ0) is 23.5. The summed E-state index contributed by atoms with van der Waals surface area (Å²) in [5, 5.41) is 19.3. The van der Waals surface area contributed by atoms with E-state index in [4.69, 9.17) is 4.74 Å². The third-order valence-corrected chi connectivity index (χ3v) is 5.15. The lowest BCUT2D eigenvalue weighted by Gasteiger charge is -2.20. The third kappa shape index (κ3) is 4.85. The number of hydrogen-bond acceptors (Lipinski definition) is 6. The fourth-order valence-corrected chi connectivity index (χ4v) is 3.46. The van der Waals surface area contributed by atoms with Crippen molar-refractivity contribution >= 4 is 28.0 Å². The number of nitrogens with zero attached hydrogens (tertiary/aromatic N) is 2. The number of rotatable bonds is 8. The molecular weight excluding hydrogens is 426 g/mol. The molecule has 0 amide bonds. The van der Waals surface area contributed by atoms with E-state index in [-0.39, 0.29) is 5.56 Å². The zero-order valence-electron chi connectivity index (χ0n) is 18.2. The number of aromatic nitrogens is 2. The summed E-state index contributed by atoms with van der Waals surface area (Å²) in [4.78, 5) is 0. The zero-order valence-corrected chi connectivity index (χ0v) is 18.2. The molecule has 3 aromatic rings. The van der Waals surface area contributed by atoms with E-state index in [1.807, 2.05) is 19.1 Å². The van der Waals surface area contributed by atoms with Gasteiger partial charge in [0.05, 0.1) is 35.3 Å². The van der Waals surface area contributed by atoms with Crippen molar-refractivity contribution in [2.75, 3.05) is 43.3 Å². The van der Waals surface area contributed by atoms with Crippen molar-refractivity contribution < 1.29 is 22.3 Å². The highest BCUT2D eigenvalue weighted by molar-refractivity contribution is 5.99. The van der Waals surface area contributed by atoms with E-state index in [0.29, 0.717) is 30.0 Å². The summed E-state index contributed by atoms with van der Waals surface area (Å²) in [7, 11) is 3.40. The largest absolute Gasteiger partial charge is 0.419 e. The van der Waals surface area contributed by atoms with E-state index in [1.165, 1.54) is 12.1 Å². The molecule has 1 heterocycles. The van der Waals surface area contributed by atoms with E-state index in [1.54, 1.807) is 21.1 Å². The molecule has 3 N–H and O–H groups in total. The molecule has 172 valence electrons. The van der Waals surface area contributed by atoms with E-state index in [2.05, 4.69) is 26.1 Å². The Balaban J connectivity index is 2.02. The predicted molar refractivity (Wildman–Crippen MR) is 118 cm³/mol. The number of benzene rings is 2. The molecule has 0 saturated heterocycles. The van der Waals surface area contributed by atoms with Crippen molar-refractivity contribution in [1.29, 1.82) is 0 Å². The summed E-state index contributed by atoms with van der Waals surface area (Å²) in [6.45, 7) is 4.46. The van der Waals surface area contributed by atoms with Crippen molar-refractivity contribution in [3.05, 3.63) is 53.0 Å². The molecule has 0 saturated carbocycles. The number of halogens is 4. The number of nitrogens with one attached hydrogen (secondary N) is 3.